The Morgan fingerprint density at radius 1 is 1.44 bits per heavy atom. The van der Waals surface area contributed by atoms with Gasteiger partial charge in [0.05, 0.1) is 17.9 Å². The molecule has 0 amide bonds. The van der Waals surface area contributed by atoms with Crippen LogP contribution in [0.2, 0.25) is 5.02 Å². The molecule has 1 aromatic rings. The van der Waals surface area contributed by atoms with Crippen molar-refractivity contribution in [3.63, 3.8) is 0 Å². The molecule has 6 heteroatoms. The molecule has 0 saturated heterocycles. The predicted octanol–water partition coefficient (Wildman–Crippen LogP) is 1.35. The summed E-state index contributed by atoms with van der Waals surface area (Å²) in [6.07, 6.45) is 1.09. The van der Waals surface area contributed by atoms with E-state index in [2.05, 4.69) is 0 Å². The number of sulfone groups is 1. The zero-order valence-electron chi connectivity index (χ0n) is 9.67. The number of nitrogens with zero attached hydrogens (tertiary/aromatic N) is 1. The number of hydrogen-bond acceptors (Lipinski definition) is 4. The van der Waals surface area contributed by atoms with Gasteiger partial charge in [-0.05, 0) is 17.7 Å². The van der Waals surface area contributed by atoms with Crippen molar-refractivity contribution in [3.05, 3.63) is 34.9 Å². The number of nitriles is 1. The molecule has 1 saturated carbocycles. The molecule has 3 atom stereocenters. The summed E-state index contributed by atoms with van der Waals surface area (Å²) in [5.41, 5.74) is -0.507. The highest BCUT2D eigenvalue weighted by molar-refractivity contribution is 7.91. The van der Waals surface area contributed by atoms with E-state index in [0.717, 1.165) is 6.26 Å². The molecule has 0 heterocycles. The van der Waals surface area contributed by atoms with Crippen LogP contribution in [0.3, 0.4) is 0 Å². The van der Waals surface area contributed by atoms with Crippen LogP contribution in [0.5, 0.6) is 0 Å². The number of halogens is 1. The molecule has 0 spiro atoms. The first kappa shape index (κ1) is 13.3. The Labute approximate surface area is 111 Å². The number of rotatable bonds is 3. The maximum Gasteiger partial charge on any atom is 0.152 e. The molecule has 1 aliphatic rings. The van der Waals surface area contributed by atoms with E-state index in [1.54, 1.807) is 24.3 Å². The zero-order valence-corrected chi connectivity index (χ0v) is 11.2. The fraction of sp³-hybridized carbons (Fsp3) is 0.417. The van der Waals surface area contributed by atoms with Crippen LogP contribution < -0.4 is 0 Å². The van der Waals surface area contributed by atoms with Crippen LogP contribution in [0.25, 0.3) is 0 Å². The molecule has 1 N–H and O–H groups in total. The second kappa shape index (κ2) is 4.23. The van der Waals surface area contributed by atoms with Crippen molar-refractivity contribution >= 4 is 21.4 Å². The monoisotopic (exact) mass is 285 g/mol. The number of hydrogen-bond donors (Lipinski definition) is 1. The summed E-state index contributed by atoms with van der Waals surface area (Å²) in [4.78, 5) is 0. The van der Waals surface area contributed by atoms with E-state index in [0.29, 0.717) is 10.6 Å². The van der Waals surface area contributed by atoms with E-state index in [9.17, 15) is 18.8 Å². The van der Waals surface area contributed by atoms with Gasteiger partial charge in [0.2, 0.25) is 0 Å². The molecule has 0 bridgehead atoms. The molecule has 4 nitrogen and oxygen atoms in total. The number of aliphatic hydroxyl groups excluding tert-OH is 1. The minimum Gasteiger partial charge on any atom is -0.395 e. The molecule has 2 rings (SSSR count). The molecule has 3 unspecified atom stereocenters. The van der Waals surface area contributed by atoms with E-state index in [1.165, 1.54) is 0 Å². The van der Waals surface area contributed by atoms with Gasteiger partial charge in [0, 0.05) is 17.2 Å². The van der Waals surface area contributed by atoms with Gasteiger partial charge >= 0.3 is 0 Å². The summed E-state index contributed by atoms with van der Waals surface area (Å²) >= 11 is 5.77. The third kappa shape index (κ3) is 1.91. The fourth-order valence-electron chi connectivity index (χ4n) is 2.53. The molecular formula is C12H12ClNO3S. The number of benzene rings is 1. The Kier molecular flexibility index (Phi) is 3.14. The van der Waals surface area contributed by atoms with Gasteiger partial charge in [-0.25, -0.2) is 8.42 Å². The van der Waals surface area contributed by atoms with Crippen LogP contribution in [-0.2, 0) is 9.84 Å². The average molecular weight is 286 g/mol. The van der Waals surface area contributed by atoms with E-state index in [4.69, 9.17) is 11.6 Å². The Balaban J connectivity index is 2.46. The third-order valence-electron chi connectivity index (χ3n) is 3.42. The maximum absolute atomic E-state index is 11.7. The third-order valence-corrected chi connectivity index (χ3v) is 5.28. The van der Waals surface area contributed by atoms with Crippen LogP contribution in [0.4, 0.5) is 0 Å². The normalized spacial score (nSPS) is 30.8. The molecule has 18 heavy (non-hydrogen) atoms. The lowest BCUT2D eigenvalue weighted by Gasteiger charge is -2.03. The van der Waals surface area contributed by atoms with E-state index < -0.39 is 33.0 Å². The quantitative estimate of drug-likeness (QED) is 0.909. The SMILES string of the molecule is CS(=O)(=O)C1C(c2ccc(Cl)cc2)C1(C#N)CO. The van der Waals surface area contributed by atoms with Gasteiger partial charge in [0.1, 0.15) is 5.41 Å². The number of aliphatic hydroxyl groups is 1. The molecule has 0 aromatic heterocycles. The van der Waals surface area contributed by atoms with Crippen LogP contribution in [0.15, 0.2) is 24.3 Å². The first-order valence-electron chi connectivity index (χ1n) is 5.33. The average Bonchev–Trinajstić information content (AvgIpc) is 3.00. The Morgan fingerprint density at radius 2 is 2.00 bits per heavy atom. The Morgan fingerprint density at radius 3 is 2.33 bits per heavy atom. The van der Waals surface area contributed by atoms with Gasteiger partial charge < -0.3 is 5.11 Å². The molecule has 1 aromatic carbocycles. The van der Waals surface area contributed by atoms with Gasteiger partial charge in [-0.1, -0.05) is 23.7 Å². The van der Waals surface area contributed by atoms with Gasteiger partial charge in [-0.3, -0.25) is 0 Å². The van der Waals surface area contributed by atoms with Gasteiger partial charge in [-0.2, -0.15) is 5.26 Å². The largest absolute Gasteiger partial charge is 0.395 e. The van der Waals surface area contributed by atoms with Crippen LogP contribution in [0, 0.1) is 16.7 Å². The smallest absolute Gasteiger partial charge is 0.152 e. The van der Waals surface area contributed by atoms with E-state index >= 15 is 0 Å². The summed E-state index contributed by atoms with van der Waals surface area (Å²) in [5, 5.41) is 18.2. The minimum atomic E-state index is -3.38. The summed E-state index contributed by atoms with van der Waals surface area (Å²) in [6.45, 7) is -0.464. The standard InChI is InChI=1S/C12H12ClNO3S/c1-18(16,17)11-10(12(11,6-14)7-15)8-2-4-9(13)5-3-8/h2-5,10-11,15H,7H2,1H3. The lowest BCUT2D eigenvalue weighted by molar-refractivity contribution is 0.242. The van der Waals surface area contributed by atoms with Crippen LogP contribution >= 0.6 is 11.6 Å². The van der Waals surface area contributed by atoms with Crippen LogP contribution in [-0.4, -0.2) is 31.6 Å². The molecule has 0 radical (unpaired) electrons. The first-order valence-corrected chi connectivity index (χ1v) is 7.66. The summed E-state index contributed by atoms with van der Waals surface area (Å²) in [6, 6.07) is 8.64. The van der Waals surface area contributed by atoms with Crippen molar-refractivity contribution in [3.8, 4) is 6.07 Å². The second-order valence-corrected chi connectivity index (χ2v) is 7.19. The van der Waals surface area contributed by atoms with Crippen molar-refractivity contribution in [2.24, 2.45) is 5.41 Å². The molecule has 1 aliphatic carbocycles. The highest BCUT2D eigenvalue weighted by atomic mass is 35.5. The maximum atomic E-state index is 11.7. The highest BCUT2D eigenvalue weighted by Crippen LogP contribution is 2.62. The van der Waals surface area contributed by atoms with Crippen LogP contribution in [0.1, 0.15) is 11.5 Å². The van der Waals surface area contributed by atoms with Gasteiger partial charge in [0.25, 0.3) is 0 Å². The molecule has 0 aliphatic heterocycles. The minimum absolute atomic E-state index is 0.464. The first-order chi connectivity index (χ1) is 8.36. The molecule has 1 fully saturated rings. The van der Waals surface area contributed by atoms with Crippen molar-refractivity contribution in [1.29, 1.82) is 5.26 Å². The van der Waals surface area contributed by atoms with Gasteiger partial charge in [-0.15, -0.1) is 0 Å². The van der Waals surface area contributed by atoms with E-state index in [1.807, 2.05) is 6.07 Å². The highest BCUT2D eigenvalue weighted by Gasteiger charge is 2.70. The van der Waals surface area contributed by atoms with Crippen molar-refractivity contribution < 1.29 is 13.5 Å². The van der Waals surface area contributed by atoms with Gasteiger partial charge in [0.15, 0.2) is 9.84 Å². The lowest BCUT2D eigenvalue weighted by Crippen LogP contribution is -2.16. The predicted molar refractivity (Wildman–Crippen MR) is 68.0 cm³/mol. The summed E-state index contributed by atoms with van der Waals surface area (Å²) in [7, 11) is -3.38. The van der Waals surface area contributed by atoms with Crippen molar-refractivity contribution in [1.82, 2.24) is 0 Å². The topological polar surface area (TPSA) is 78.2 Å². The van der Waals surface area contributed by atoms with Crippen molar-refractivity contribution in [2.75, 3.05) is 12.9 Å². The Hall–Kier alpha value is -1.09. The Bertz CT molecular complexity index is 605. The summed E-state index contributed by atoms with van der Waals surface area (Å²) in [5.74, 6) is -0.486. The molecule has 96 valence electrons. The zero-order chi connectivity index (χ0) is 13.6. The molecular weight excluding hydrogens is 274 g/mol. The fourth-order valence-corrected chi connectivity index (χ4v) is 4.51. The van der Waals surface area contributed by atoms with E-state index in [-0.39, 0.29) is 0 Å². The second-order valence-electron chi connectivity index (χ2n) is 4.59. The van der Waals surface area contributed by atoms with Crippen molar-refractivity contribution in [2.45, 2.75) is 11.2 Å². The summed E-state index contributed by atoms with van der Waals surface area (Å²) < 4.78 is 23.4. The lowest BCUT2D eigenvalue weighted by atomic mass is 10.0.